The van der Waals surface area contributed by atoms with Crippen LogP contribution in [-0.4, -0.2) is 0 Å². The summed E-state index contributed by atoms with van der Waals surface area (Å²) in [6.07, 6.45) is 26.5. The standard InChI is InChI=1S/C97H92N2/c1-10-64-36-38-65(39-37-64)61-96(70-46-42-68(43-47-70)94(4,5)6)86-34-22-24-63(3)92(86)83-52-50-74(59-88(83)96)98(72-25-14-12-15-26-72)90-56-54-78(76-29-18-20-31-80(76)90)79-55-57-91(81-32-21-19-30-77(79)81)99(73-27-16-13-17-28-73)75-51-53-84-89(60-75)97(71-48-44-69(45-49-71)95(7,8)9)62-66-40-41-67(11-2)85(58-66)82-33-23-35-87(97)93(82)84/h10-21,24-33,38,42-60,64,67,85H,1-2,22-23,34-37,39-41,61-62H2,3-9H3/t64?,67?,85-,96?,97?/m1/s1. The molecule has 0 saturated carbocycles. The Bertz CT molecular complexity index is 5120. The number of para-hydroxylation sites is 2. The van der Waals surface area contributed by atoms with Gasteiger partial charge < -0.3 is 9.80 Å². The van der Waals surface area contributed by atoms with Crippen molar-refractivity contribution >= 4 is 66.8 Å². The van der Waals surface area contributed by atoms with Gasteiger partial charge in [0.2, 0.25) is 0 Å². The van der Waals surface area contributed by atoms with Crippen molar-refractivity contribution in [1.82, 2.24) is 0 Å². The van der Waals surface area contributed by atoms with Gasteiger partial charge in [-0.25, -0.2) is 0 Å². The Morgan fingerprint density at radius 3 is 1.55 bits per heavy atom. The normalized spacial score (nSPS) is 21.5. The van der Waals surface area contributed by atoms with Crippen molar-refractivity contribution in [2.75, 3.05) is 9.80 Å². The van der Waals surface area contributed by atoms with E-state index in [0.29, 0.717) is 17.8 Å². The fourth-order valence-corrected chi connectivity index (χ4v) is 19.2. The second-order valence-corrected chi connectivity index (χ2v) is 31.7. The van der Waals surface area contributed by atoms with E-state index in [1.165, 1.54) is 111 Å². The Labute approximate surface area is 588 Å². The lowest BCUT2D eigenvalue weighted by atomic mass is 9.61. The quantitative estimate of drug-likeness (QED) is 0.106. The molecule has 7 aliphatic carbocycles. The summed E-state index contributed by atoms with van der Waals surface area (Å²) < 4.78 is 0. The molecule has 2 nitrogen and oxygen atoms in total. The number of fused-ring (bicyclic) bond motifs is 8. The average molecular weight is 1290 g/mol. The zero-order valence-electron chi connectivity index (χ0n) is 59.1. The molecule has 2 heteroatoms. The van der Waals surface area contributed by atoms with Gasteiger partial charge >= 0.3 is 0 Å². The van der Waals surface area contributed by atoms with E-state index in [1.807, 2.05) is 0 Å². The fourth-order valence-electron chi connectivity index (χ4n) is 19.2. The highest BCUT2D eigenvalue weighted by Gasteiger charge is 2.52. The highest BCUT2D eigenvalue weighted by Crippen LogP contribution is 2.64. The number of rotatable bonds is 13. The average Bonchev–Trinajstić information content (AvgIpc) is 1.55. The summed E-state index contributed by atoms with van der Waals surface area (Å²) in [6.45, 7) is 25.1. The smallest absolute Gasteiger partial charge is 0.0540 e. The first-order chi connectivity index (χ1) is 48.1. The van der Waals surface area contributed by atoms with Crippen LogP contribution in [0.1, 0.15) is 164 Å². The van der Waals surface area contributed by atoms with Crippen molar-refractivity contribution in [3.05, 3.63) is 346 Å². The number of anilines is 6. The van der Waals surface area contributed by atoms with Gasteiger partial charge in [0.25, 0.3) is 0 Å². The van der Waals surface area contributed by atoms with E-state index >= 15 is 0 Å². The third kappa shape index (κ3) is 10.2. The summed E-state index contributed by atoms with van der Waals surface area (Å²) in [6, 6.07) is 85.0. The third-order valence-corrected chi connectivity index (χ3v) is 24.2. The first kappa shape index (κ1) is 62.7. The van der Waals surface area contributed by atoms with Crippen LogP contribution in [0.15, 0.2) is 301 Å². The summed E-state index contributed by atoms with van der Waals surface area (Å²) >= 11 is 0. The summed E-state index contributed by atoms with van der Waals surface area (Å²) in [5.74, 6) is 1.32. The van der Waals surface area contributed by atoms with E-state index in [-0.39, 0.29) is 21.7 Å². The third-order valence-electron chi connectivity index (χ3n) is 24.2. The van der Waals surface area contributed by atoms with Crippen molar-refractivity contribution in [3.8, 4) is 11.1 Å². The van der Waals surface area contributed by atoms with Crippen molar-refractivity contribution in [2.45, 2.75) is 141 Å². The van der Waals surface area contributed by atoms with E-state index in [2.05, 4.69) is 326 Å². The Balaban J connectivity index is 0.812. The lowest BCUT2D eigenvalue weighted by molar-refractivity contribution is 0.442. The predicted molar refractivity (Wildman–Crippen MR) is 422 cm³/mol. The number of nitrogens with zero attached hydrogens (tertiary/aromatic N) is 2. The minimum Gasteiger partial charge on any atom is -0.310 e. The number of hydrogen-bond donors (Lipinski definition) is 0. The molecule has 10 aromatic carbocycles. The maximum Gasteiger partial charge on any atom is 0.0540 e. The number of hydrogen-bond acceptors (Lipinski definition) is 2. The molecular formula is C97H92N2. The van der Waals surface area contributed by atoms with Crippen LogP contribution in [0.4, 0.5) is 34.1 Å². The molecule has 0 amide bonds. The zero-order chi connectivity index (χ0) is 67.5. The van der Waals surface area contributed by atoms with Crippen LogP contribution in [0.25, 0.3) is 43.8 Å². The van der Waals surface area contributed by atoms with Crippen LogP contribution in [-0.2, 0) is 21.7 Å². The van der Waals surface area contributed by atoms with E-state index in [9.17, 15) is 0 Å². The predicted octanol–water partition coefficient (Wildman–Crippen LogP) is 26.6. The fraction of sp³-hybridized carbons (Fsp3) is 0.258. The van der Waals surface area contributed by atoms with Crippen LogP contribution in [0, 0.1) is 17.8 Å². The van der Waals surface area contributed by atoms with Gasteiger partial charge in [-0.1, -0.05) is 247 Å². The van der Waals surface area contributed by atoms with Crippen molar-refractivity contribution in [1.29, 1.82) is 0 Å². The molecule has 0 aromatic heterocycles. The molecule has 0 heterocycles. The summed E-state index contributed by atoms with van der Waals surface area (Å²) in [7, 11) is 0. The van der Waals surface area contributed by atoms with E-state index in [0.717, 1.165) is 93.4 Å². The van der Waals surface area contributed by atoms with E-state index in [4.69, 9.17) is 0 Å². The monoisotopic (exact) mass is 1280 g/mol. The Morgan fingerprint density at radius 1 is 0.465 bits per heavy atom. The first-order valence-electron chi connectivity index (χ1n) is 36.9. The van der Waals surface area contributed by atoms with Gasteiger partial charge in [0, 0.05) is 50.3 Å². The van der Waals surface area contributed by atoms with Crippen LogP contribution in [0.5, 0.6) is 0 Å². The molecule has 0 radical (unpaired) electrons. The van der Waals surface area contributed by atoms with Gasteiger partial charge in [0.05, 0.1) is 11.4 Å². The molecule has 0 aliphatic heterocycles. The molecular weight excluding hydrogens is 1190 g/mol. The van der Waals surface area contributed by atoms with E-state index < -0.39 is 0 Å². The molecule has 4 unspecified atom stereocenters. The molecule has 5 atom stereocenters. The van der Waals surface area contributed by atoms with Gasteiger partial charge in [-0.05, 0) is 261 Å². The Hall–Kier alpha value is -9.76. The lowest BCUT2D eigenvalue weighted by Gasteiger charge is -2.42. The van der Waals surface area contributed by atoms with Gasteiger partial charge in [0.15, 0.2) is 0 Å². The summed E-state index contributed by atoms with van der Waals surface area (Å²) in [5, 5.41) is 4.85. The summed E-state index contributed by atoms with van der Waals surface area (Å²) in [5.41, 5.74) is 32.3. The van der Waals surface area contributed by atoms with Crippen molar-refractivity contribution in [2.24, 2.45) is 17.8 Å². The maximum absolute atomic E-state index is 4.43. The minimum atomic E-state index is -0.334. The van der Waals surface area contributed by atoms with Gasteiger partial charge in [-0.3, -0.25) is 0 Å². The van der Waals surface area contributed by atoms with Crippen LogP contribution >= 0.6 is 0 Å². The molecule has 0 N–H and O–H groups in total. The first-order valence-corrected chi connectivity index (χ1v) is 36.9. The zero-order valence-corrected chi connectivity index (χ0v) is 59.1. The molecule has 0 spiro atoms. The second-order valence-electron chi connectivity index (χ2n) is 31.7. The SMILES string of the molecule is C=CC1CC=C(CC2(c3ccc(C(C)(C)C)cc3)C3=C(C(C)=CCC3)c3ccc(N(c4ccccc4)c4ccc(-c5ccc(N(c6ccccc6)c6ccc7c(c6)C6(c8ccc(C(C)(C)C)cc8)CC8=C[C@@H](C9=CCCC6=C97)C(C=C)CC8)c6ccccc56)c5ccccc45)cc32)CC1. The lowest BCUT2D eigenvalue weighted by Crippen LogP contribution is -2.33. The molecule has 490 valence electrons. The Morgan fingerprint density at radius 2 is 0.990 bits per heavy atom. The summed E-state index contributed by atoms with van der Waals surface area (Å²) in [4.78, 5) is 5.10. The van der Waals surface area contributed by atoms with E-state index in [1.54, 1.807) is 22.3 Å². The molecule has 6 bridgehead atoms. The molecule has 99 heavy (non-hydrogen) atoms. The van der Waals surface area contributed by atoms with Crippen LogP contribution in [0.3, 0.4) is 0 Å². The highest BCUT2D eigenvalue weighted by atomic mass is 15.2. The molecule has 17 rings (SSSR count). The van der Waals surface area contributed by atoms with Crippen LogP contribution in [0.2, 0.25) is 0 Å². The van der Waals surface area contributed by atoms with Crippen LogP contribution < -0.4 is 9.80 Å². The molecule has 10 aromatic rings. The molecule has 0 fully saturated rings. The van der Waals surface area contributed by atoms with Gasteiger partial charge in [0.1, 0.15) is 0 Å². The Kier molecular flexibility index (Phi) is 15.4. The second kappa shape index (κ2) is 24.3. The van der Waals surface area contributed by atoms with Crippen molar-refractivity contribution in [3.63, 3.8) is 0 Å². The van der Waals surface area contributed by atoms with Gasteiger partial charge in [-0.2, -0.15) is 0 Å². The number of allylic oxidation sites excluding steroid dienone is 14. The highest BCUT2D eigenvalue weighted by molar-refractivity contribution is 6.13. The molecule has 0 saturated heterocycles. The molecule has 7 aliphatic rings. The minimum absolute atomic E-state index is 0.0417. The topological polar surface area (TPSA) is 6.48 Å². The van der Waals surface area contributed by atoms with Crippen molar-refractivity contribution < 1.29 is 0 Å². The maximum atomic E-state index is 4.43. The largest absolute Gasteiger partial charge is 0.310 e. The van der Waals surface area contributed by atoms with Gasteiger partial charge in [-0.15, -0.1) is 13.2 Å². The number of benzene rings is 10.